The molecule has 2 heteroatoms. The van der Waals surface area contributed by atoms with Gasteiger partial charge in [0.05, 0.1) is 0 Å². The van der Waals surface area contributed by atoms with Gasteiger partial charge in [-0.15, -0.1) is 0 Å². The highest BCUT2D eigenvalue weighted by atomic mass is 32.2. The molecular weight excluding hydrogens is 214 g/mol. The minimum absolute atomic E-state index is 0.810. The van der Waals surface area contributed by atoms with Gasteiger partial charge in [0.1, 0.15) is 0 Å². The Kier molecular flexibility index (Phi) is 7.55. The summed E-state index contributed by atoms with van der Waals surface area (Å²) in [5, 5.41) is 3.70. The van der Waals surface area contributed by atoms with Crippen LogP contribution in [0.1, 0.15) is 52.9 Å². The molecule has 0 aromatic carbocycles. The molecule has 0 saturated heterocycles. The van der Waals surface area contributed by atoms with Crippen LogP contribution >= 0.6 is 11.8 Å². The largest absolute Gasteiger partial charge is 0.314 e. The molecule has 1 nitrogen and oxygen atoms in total. The molecule has 0 bridgehead atoms. The van der Waals surface area contributed by atoms with Gasteiger partial charge in [0, 0.05) is 6.04 Å². The highest BCUT2D eigenvalue weighted by Crippen LogP contribution is 2.33. The summed E-state index contributed by atoms with van der Waals surface area (Å²) in [6.07, 6.45) is 7.14. The average molecular weight is 243 g/mol. The molecule has 0 aromatic heterocycles. The third-order valence-corrected chi connectivity index (χ3v) is 4.90. The lowest BCUT2D eigenvalue weighted by molar-refractivity contribution is 0.197. The van der Waals surface area contributed by atoms with E-state index in [-0.39, 0.29) is 0 Å². The number of hydrogen-bond acceptors (Lipinski definition) is 2. The molecule has 1 N–H and O–H groups in total. The van der Waals surface area contributed by atoms with Gasteiger partial charge < -0.3 is 5.32 Å². The van der Waals surface area contributed by atoms with Crippen molar-refractivity contribution in [1.82, 2.24) is 5.32 Å². The molecule has 1 aliphatic rings. The summed E-state index contributed by atoms with van der Waals surface area (Å²) in [5.74, 6) is 4.58. The fourth-order valence-electron chi connectivity index (χ4n) is 2.96. The van der Waals surface area contributed by atoms with Crippen molar-refractivity contribution < 1.29 is 0 Å². The van der Waals surface area contributed by atoms with Crippen LogP contribution in [0.4, 0.5) is 0 Å². The van der Waals surface area contributed by atoms with Gasteiger partial charge >= 0.3 is 0 Å². The summed E-state index contributed by atoms with van der Waals surface area (Å²) < 4.78 is 0. The van der Waals surface area contributed by atoms with E-state index < -0.39 is 0 Å². The Morgan fingerprint density at radius 2 is 2.00 bits per heavy atom. The van der Waals surface area contributed by atoms with E-state index in [0.717, 1.165) is 24.4 Å². The first-order valence-corrected chi connectivity index (χ1v) is 8.28. The number of nitrogens with one attached hydrogen (secondary N) is 1. The lowest BCUT2D eigenvalue weighted by Crippen LogP contribution is -2.40. The molecule has 0 aliphatic heterocycles. The van der Waals surface area contributed by atoms with Crippen LogP contribution in [0.25, 0.3) is 0 Å². The van der Waals surface area contributed by atoms with Crippen molar-refractivity contribution in [3.63, 3.8) is 0 Å². The zero-order valence-corrected chi connectivity index (χ0v) is 12.1. The van der Waals surface area contributed by atoms with E-state index in [2.05, 4.69) is 37.8 Å². The van der Waals surface area contributed by atoms with Gasteiger partial charge in [-0.25, -0.2) is 0 Å². The zero-order valence-electron chi connectivity index (χ0n) is 11.3. The van der Waals surface area contributed by atoms with E-state index in [0.29, 0.717) is 0 Å². The summed E-state index contributed by atoms with van der Waals surface area (Å²) >= 11 is 2.10. The van der Waals surface area contributed by atoms with Crippen LogP contribution in [-0.4, -0.2) is 24.1 Å². The zero-order chi connectivity index (χ0) is 11.8. The Balaban J connectivity index is 2.37. The first kappa shape index (κ1) is 14.4. The summed E-state index contributed by atoms with van der Waals surface area (Å²) in [4.78, 5) is 0. The Bertz CT molecular complexity index is 172. The SMILES string of the molecule is CCNC1CCC(CC)CC1CCSCC. The van der Waals surface area contributed by atoms with Crippen LogP contribution in [-0.2, 0) is 0 Å². The second-order valence-corrected chi connectivity index (χ2v) is 6.39. The van der Waals surface area contributed by atoms with Crippen molar-refractivity contribution in [2.24, 2.45) is 11.8 Å². The van der Waals surface area contributed by atoms with Crippen molar-refractivity contribution in [2.45, 2.75) is 58.9 Å². The fraction of sp³-hybridized carbons (Fsp3) is 1.00. The normalized spacial score (nSPS) is 30.6. The Labute approximate surface area is 106 Å². The standard InChI is InChI=1S/C14H29NS/c1-4-12-7-8-14(15-5-2)13(11-12)9-10-16-6-3/h12-15H,4-11H2,1-3H3. The van der Waals surface area contributed by atoms with Crippen LogP contribution in [0.15, 0.2) is 0 Å². The molecule has 3 unspecified atom stereocenters. The molecule has 16 heavy (non-hydrogen) atoms. The summed E-state index contributed by atoms with van der Waals surface area (Å²) in [5.41, 5.74) is 0. The molecule has 1 saturated carbocycles. The maximum Gasteiger partial charge on any atom is 0.00957 e. The molecule has 1 fully saturated rings. The highest BCUT2D eigenvalue weighted by Gasteiger charge is 2.28. The van der Waals surface area contributed by atoms with E-state index in [1.807, 2.05) is 0 Å². The van der Waals surface area contributed by atoms with Crippen LogP contribution in [0.5, 0.6) is 0 Å². The highest BCUT2D eigenvalue weighted by molar-refractivity contribution is 7.99. The summed E-state index contributed by atoms with van der Waals surface area (Å²) in [6.45, 7) is 8.00. The molecule has 3 atom stereocenters. The third-order valence-electron chi connectivity index (χ3n) is 3.97. The molecule has 0 spiro atoms. The van der Waals surface area contributed by atoms with Gasteiger partial charge in [-0.3, -0.25) is 0 Å². The Hall–Kier alpha value is 0.310. The van der Waals surface area contributed by atoms with Crippen molar-refractivity contribution in [3.05, 3.63) is 0 Å². The number of hydrogen-bond donors (Lipinski definition) is 1. The van der Waals surface area contributed by atoms with E-state index in [1.54, 1.807) is 0 Å². The Morgan fingerprint density at radius 1 is 1.19 bits per heavy atom. The molecule has 0 heterocycles. The van der Waals surface area contributed by atoms with Crippen LogP contribution in [0.3, 0.4) is 0 Å². The minimum Gasteiger partial charge on any atom is -0.314 e. The first-order valence-electron chi connectivity index (χ1n) is 7.12. The first-order chi connectivity index (χ1) is 7.81. The van der Waals surface area contributed by atoms with Gasteiger partial charge in [0.25, 0.3) is 0 Å². The molecule has 1 rings (SSSR count). The van der Waals surface area contributed by atoms with Gasteiger partial charge in [-0.2, -0.15) is 11.8 Å². The molecule has 0 aromatic rings. The van der Waals surface area contributed by atoms with Gasteiger partial charge in [0.2, 0.25) is 0 Å². The van der Waals surface area contributed by atoms with E-state index in [9.17, 15) is 0 Å². The van der Waals surface area contributed by atoms with Crippen LogP contribution in [0, 0.1) is 11.8 Å². The van der Waals surface area contributed by atoms with Gasteiger partial charge in [-0.05, 0) is 55.6 Å². The Morgan fingerprint density at radius 3 is 2.62 bits per heavy atom. The summed E-state index contributed by atoms with van der Waals surface area (Å²) in [6, 6.07) is 0.810. The summed E-state index contributed by atoms with van der Waals surface area (Å²) in [7, 11) is 0. The number of thioether (sulfide) groups is 1. The van der Waals surface area contributed by atoms with Crippen molar-refractivity contribution in [2.75, 3.05) is 18.1 Å². The smallest absolute Gasteiger partial charge is 0.00957 e. The lowest BCUT2D eigenvalue weighted by Gasteiger charge is -2.36. The van der Waals surface area contributed by atoms with Crippen molar-refractivity contribution >= 4 is 11.8 Å². The molecule has 96 valence electrons. The maximum absolute atomic E-state index is 3.70. The second-order valence-electron chi connectivity index (χ2n) is 5.00. The van der Waals surface area contributed by atoms with E-state index >= 15 is 0 Å². The molecule has 0 amide bonds. The molecular formula is C14H29NS. The number of rotatable bonds is 7. The molecule has 0 radical (unpaired) electrons. The van der Waals surface area contributed by atoms with E-state index in [4.69, 9.17) is 0 Å². The maximum atomic E-state index is 3.70. The van der Waals surface area contributed by atoms with Gasteiger partial charge in [0.15, 0.2) is 0 Å². The van der Waals surface area contributed by atoms with E-state index in [1.165, 1.54) is 43.6 Å². The van der Waals surface area contributed by atoms with Crippen molar-refractivity contribution in [1.29, 1.82) is 0 Å². The second kappa shape index (κ2) is 8.41. The van der Waals surface area contributed by atoms with Crippen molar-refractivity contribution in [3.8, 4) is 0 Å². The lowest BCUT2D eigenvalue weighted by atomic mass is 9.76. The van der Waals surface area contributed by atoms with Crippen LogP contribution < -0.4 is 5.32 Å². The third kappa shape index (κ3) is 4.67. The predicted molar refractivity (Wildman–Crippen MR) is 76.2 cm³/mol. The monoisotopic (exact) mass is 243 g/mol. The quantitative estimate of drug-likeness (QED) is 0.680. The van der Waals surface area contributed by atoms with Crippen LogP contribution in [0.2, 0.25) is 0 Å². The fourth-order valence-corrected chi connectivity index (χ4v) is 3.72. The molecule has 1 aliphatic carbocycles. The minimum atomic E-state index is 0.810. The van der Waals surface area contributed by atoms with Gasteiger partial charge in [-0.1, -0.05) is 27.2 Å². The topological polar surface area (TPSA) is 12.0 Å². The predicted octanol–water partition coefficient (Wildman–Crippen LogP) is 3.93. The average Bonchev–Trinajstić information content (AvgIpc) is 2.31.